The molecule has 0 bridgehead atoms. The van der Waals surface area contributed by atoms with Crippen LogP contribution in [0.3, 0.4) is 0 Å². The second-order valence-electron chi connectivity index (χ2n) is 4.58. The van der Waals surface area contributed by atoms with Gasteiger partial charge in [0, 0.05) is 13.2 Å². The van der Waals surface area contributed by atoms with Crippen molar-refractivity contribution in [2.45, 2.75) is 31.3 Å². The average Bonchev–Trinajstić information content (AvgIpc) is 2.41. The predicted octanol–water partition coefficient (Wildman–Crippen LogP) is 1.02. The van der Waals surface area contributed by atoms with Gasteiger partial charge in [-0.2, -0.15) is 0 Å². The largest absolute Gasteiger partial charge is 0.377 e. The highest BCUT2D eigenvalue weighted by molar-refractivity contribution is 7.89. The normalized spacial score (nSPS) is 13.0. The summed E-state index contributed by atoms with van der Waals surface area (Å²) in [6.07, 6.45) is 0.627. The van der Waals surface area contributed by atoms with E-state index in [2.05, 4.69) is 5.32 Å². The number of hydrogen-bond donors (Lipinski definition) is 2. The quantitative estimate of drug-likeness (QED) is 0.784. The first-order valence-corrected chi connectivity index (χ1v) is 8.02. The molecule has 21 heavy (non-hydrogen) atoms. The molecule has 1 amide bonds. The number of primary sulfonamides is 1. The zero-order valence-electron chi connectivity index (χ0n) is 11.9. The van der Waals surface area contributed by atoms with Crippen LogP contribution in [0.25, 0.3) is 0 Å². The third-order valence-electron chi connectivity index (χ3n) is 2.67. The first-order valence-electron chi connectivity index (χ1n) is 6.47. The Morgan fingerprint density at radius 2 is 2.14 bits per heavy atom. The molecule has 8 heteroatoms. The molecule has 0 fully saturated rings. The number of carbonyl (C=O) groups excluding carboxylic acids is 1. The van der Waals surface area contributed by atoms with E-state index in [0.717, 1.165) is 24.6 Å². The molecular formula is C13H19FN2O4S. The minimum absolute atomic E-state index is 0.192. The van der Waals surface area contributed by atoms with Crippen molar-refractivity contribution in [2.75, 3.05) is 13.2 Å². The molecule has 0 spiro atoms. The fraction of sp³-hybridized carbons (Fsp3) is 0.462. The summed E-state index contributed by atoms with van der Waals surface area (Å²) in [5, 5.41) is 7.44. The molecule has 1 rings (SSSR count). The number of carbonyl (C=O) groups is 1. The Hall–Kier alpha value is -1.51. The van der Waals surface area contributed by atoms with Crippen LogP contribution in [0.2, 0.25) is 0 Å². The van der Waals surface area contributed by atoms with Crippen molar-refractivity contribution in [1.29, 1.82) is 0 Å². The smallest absolute Gasteiger partial charge is 0.254 e. The molecule has 0 heterocycles. The van der Waals surface area contributed by atoms with E-state index < -0.39 is 21.7 Å². The van der Waals surface area contributed by atoms with Gasteiger partial charge in [0.1, 0.15) is 5.82 Å². The lowest BCUT2D eigenvalue weighted by Gasteiger charge is -2.13. The molecule has 0 saturated heterocycles. The van der Waals surface area contributed by atoms with E-state index in [1.165, 1.54) is 0 Å². The van der Waals surface area contributed by atoms with Crippen LogP contribution in [-0.4, -0.2) is 33.6 Å². The molecule has 1 aromatic rings. The Bertz CT molecular complexity index is 604. The summed E-state index contributed by atoms with van der Waals surface area (Å²) in [6, 6.07) is 2.82. The maximum atomic E-state index is 13.6. The van der Waals surface area contributed by atoms with Crippen LogP contribution in [0.15, 0.2) is 23.1 Å². The lowest BCUT2D eigenvalue weighted by molar-refractivity contribution is 0.0621. The summed E-state index contributed by atoms with van der Waals surface area (Å²) in [4.78, 5) is 11.6. The second kappa shape index (κ2) is 7.48. The number of benzene rings is 1. The van der Waals surface area contributed by atoms with E-state index in [9.17, 15) is 17.6 Å². The Morgan fingerprint density at radius 3 is 2.71 bits per heavy atom. The molecular weight excluding hydrogens is 299 g/mol. The van der Waals surface area contributed by atoms with E-state index in [4.69, 9.17) is 9.88 Å². The van der Waals surface area contributed by atoms with Gasteiger partial charge in [0.2, 0.25) is 10.0 Å². The standard InChI is InChI=1S/C13H19FN2O4S/c1-3-6-20-9(2)8-16-13(17)11-7-10(21(15,18)19)4-5-12(11)14/h4-5,7,9H,3,6,8H2,1-2H3,(H,16,17)(H2,15,18,19). The van der Waals surface area contributed by atoms with Crippen LogP contribution in [0, 0.1) is 5.82 Å². The maximum absolute atomic E-state index is 13.6. The van der Waals surface area contributed by atoms with Crippen molar-refractivity contribution in [3.8, 4) is 0 Å². The highest BCUT2D eigenvalue weighted by Crippen LogP contribution is 2.14. The number of nitrogens with one attached hydrogen (secondary N) is 1. The zero-order valence-corrected chi connectivity index (χ0v) is 12.7. The van der Waals surface area contributed by atoms with Crippen molar-refractivity contribution in [2.24, 2.45) is 5.14 Å². The Morgan fingerprint density at radius 1 is 1.48 bits per heavy atom. The number of rotatable bonds is 7. The van der Waals surface area contributed by atoms with E-state index in [1.54, 1.807) is 6.92 Å². The number of hydrogen-bond acceptors (Lipinski definition) is 4. The third kappa shape index (κ3) is 5.41. The van der Waals surface area contributed by atoms with Gasteiger partial charge in [-0.25, -0.2) is 17.9 Å². The van der Waals surface area contributed by atoms with Crippen LogP contribution in [0.1, 0.15) is 30.6 Å². The summed E-state index contributed by atoms with van der Waals surface area (Å²) in [7, 11) is -3.99. The lowest BCUT2D eigenvalue weighted by atomic mass is 10.2. The number of amides is 1. The van der Waals surface area contributed by atoms with Gasteiger partial charge in [-0.15, -0.1) is 0 Å². The molecule has 0 aliphatic carbocycles. The minimum Gasteiger partial charge on any atom is -0.377 e. The van der Waals surface area contributed by atoms with Crippen molar-refractivity contribution in [3.63, 3.8) is 0 Å². The van der Waals surface area contributed by atoms with Crippen molar-refractivity contribution in [3.05, 3.63) is 29.6 Å². The molecule has 6 nitrogen and oxygen atoms in total. The van der Waals surface area contributed by atoms with Gasteiger partial charge in [0.05, 0.1) is 16.6 Å². The van der Waals surface area contributed by atoms with Crippen LogP contribution < -0.4 is 10.5 Å². The Balaban J connectivity index is 2.78. The Kier molecular flexibility index (Phi) is 6.25. The highest BCUT2D eigenvalue weighted by atomic mass is 32.2. The fourth-order valence-corrected chi connectivity index (χ4v) is 2.10. The molecule has 0 aliphatic heterocycles. The van der Waals surface area contributed by atoms with E-state index in [0.29, 0.717) is 6.61 Å². The Labute approximate surface area is 123 Å². The molecule has 0 aliphatic rings. The van der Waals surface area contributed by atoms with E-state index in [1.807, 2.05) is 6.92 Å². The van der Waals surface area contributed by atoms with Crippen LogP contribution >= 0.6 is 0 Å². The summed E-state index contributed by atoms with van der Waals surface area (Å²) >= 11 is 0. The van der Waals surface area contributed by atoms with E-state index in [-0.39, 0.29) is 23.1 Å². The molecule has 0 aromatic heterocycles. The first kappa shape index (κ1) is 17.5. The SMILES string of the molecule is CCCOC(C)CNC(=O)c1cc(S(N)(=O)=O)ccc1F. The van der Waals surface area contributed by atoms with Gasteiger partial charge < -0.3 is 10.1 Å². The lowest BCUT2D eigenvalue weighted by Crippen LogP contribution is -2.33. The highest BCUT2D eigenvalue weighted by Gasteiger charge is 2.17. The van der Waals surface area contributed by atoms with Gasteiger partial charge in [0.15, 0.2) is 0 Å². The summed E-state index contributed by atoms with van der Waals surface area (Å²) in [5.41, 5.74) is -0.371. The molecule has 1 unspecified atom stereocenters. The zero-order chi connectivity index (χ0) is 16.0. The number of nitrogens with two attached hydrogens (primary N) is 1. The monoisotopic (exact) mass is 318 g/mol. The second-order valence-corrected chi connectivity index (χ2v) is 6.14. The summed E-state index contributed by atoms with van der Waals surface area (Å²) in [6.45, 7) is 4.48. The molecule has 3 N–H and O–H groups in total. The molecule has 118 valence electrons. The van der Waals surface area contributed by atoms with Gasteiger partial charge in [0.25, 0.3) is 5.91 Å². The van der Waals surface area contributed by atoms with Crippen molar-refractivity contribution < 1.29 is 22.3 Å². The third-order valence-corrected chi connectivity index (χ3v) is 3.58. The van der Waals surface area contributed by atoms with Gasteiger partial charge in [-0.05, 0) is 31.5 Å². The van der Waals surface area contributed by atoms with Crippen molar-refractivity contribution in [1.82, 2.24) is 5.32 Å². The van der Waals surface area contributed by atoms with Gasteiger partial charge in [-0.3, -0.25) is 4.79 Å². The molecule has 0 saturated carbocycles. The minimum atomic E-state index is -3.99. The fourth-order valence-electron chi connectivity index (χ4n) is 1.56. The number of sulfonamides is 1. The number of halogens is 1. The van der Waals surface area contributed by atoms with Gasteiger partial charge in [-0.1, -0.05) is 6.92 Å². The number of ether oxygens (including phenoxy) is 1. The van der Waals surface area contributed by atoms with Gasteiger partial charge >= 0.3 is 0 Å². The van der Waals surface area contributed by atoms with Crippen LogP contribution in [-0.2, 0) is 14.8 Å². The summed E-state index contributed by atoms with van der Waals surface area (Å²) < 4.78 is 41.4. The average molecular weight is 318 g/mol. The molecule has 1 atom stereocenters. The first-order chi connectivity index (χ1) is 9.75. The maximum Gasteiger partial charge on any atom is 0.254 e. The molecule has 1 aromatic carbocycles. The van der Waals surface area contributed by atoms with Crippen LogP contribution in [0.4, 0.5) is 4.39 Å². The van der Waals surface area contributed by atoms with Crippen LogP contribution in [0.5, 0.6) is 0 Å². The summed E-state index contributed by atoms with van der Waals surface area (Å²) in [5.74, 6) is -1.54. The van der Waals surface area contributed by atoms with Crippen molar-refractivity contribution >= 4 is 15.9 Å². The topological polar surface area (TPSA) is 98.5 Å². The predicted molar refractivity (Wildman–Crippen MR) is 75.8 cm³/mol. The molecule has 0 radical (unpaired) electrons. The van der Waals surface area contributed by atoms with E-state index >= 15 is 0 Å².